The molecule has 3 rings (SSSR count). The Kier molecular flexibility index (Phi) is 4.59. The monoisotopic (exact) mass is 258 g/mol. The van der Waals surface area contributed by atoms with Crippen LogP contribution in [0.25, 0.3) is 0 Å². The number of carbonyl (C=O) groups excluding carboxylic acids is 1. The summed E-state index contributed by atoms with van der Waals surface area (Å²) < 4.78 is 11.3. The lowest BCUT2D eigenvalue weighted by Gasteiger charge is -2.43. The number of rotatable bonds is 0. The average molecular weight is 258 g/mol. The van der Waals surface area contributed by atoms with Crippen LogP contribution in [0.2, 0.25) is 0 Å². The van der Waals surface area contributed by atoms with E-state index < -0.39 is 0 Å². The fraction of sp³-hybridized carbons (Fsp3) is 0.923. The van der Waals surface area contributed by atoms with E-state index in [4.69, 9.17) is 20.0 Å². The highest BCUT2D eigenvalue weighted by Gasteiger charge is 2.47. The Morgan fingerprint density at radius 2 is 1.83 bits per heavy atom. The number of esters is 1. The molecular weight excluding hydrogens is 236 g/mol. The summed E-state index contributed by atoms with van der Waals surface area (Å²) in [6, 6.07) is 0. The molecule has 18 heavy (non-hydrogen) atoms. The molecule has 0 aromatic carbocycles. The highest BCUT2D eigenvalue weighted by atomic mass is 17.0. The van der Waals surface area contributed by atoms with Gasteiger partial charge in [0.15, 0.2) is 0 Å². The summed E-state index contributed by atoms with van der Waals surface area (Å²) >= 11 is 0. The van der Waals surface area contributed by atoms with Crippen molar-refractivity contribution in [3.8, 4) is 0 Å². The Bertz CT molecular complexity index is 293. The average Bonchev–Trinajstić information content (AvgIpc) is 2.53. The Morgan fingerprint density at radius 3 is 2.61 bits per heavy atom. The molecule has 2 saturated heterocycles. The van der Waals surface area contributed by atoms with Gasteiger partial charge in [-0.25, -0.2) is 0 Å². The molecule has 0 aromatic heterocycles. The van der Waals surface area contributed by atoms with Gasteiger partial charge >= 0.3 is 5.97 Å². The predicted octanol–water partition coefficient (Wildman–Crippen LogP) is 2.51. The molecule has 2 heterocycles. The van der Waals surface area contributed by atoms with Gasteiger partial charge in [-0.15, -0.1) is 0 Å². The maximum atomic E-state index is 11.5. The quantitative estimate of drug-likeness (QED) is 0.396. The van der Waals surface area contributed by atoms with Crippen molar-refractivity contribution in [2.45, 2.75) is 57.8 Å². The van der Waals surface area contributed by atoms with E-state index in [2.05, 4.69) is 6.92 Å². The van der Waals surface area contributed by atoms with E-state index in [1.807, 2.05) is 0 Å². The fourth-order valence-electron chi connectivity index (χ4n) is 3.77. The van der Waals surface area contributed by atoms with E-state index in [0.717, 1.165) is 12.3 Å². The zero-order valence-electron chi connectivity index (χ0n) is 10.7. The number of carbonyl (C=O) groups is 1. The van der Waals surface area contributed by atoms with Crippen molar-refractivity contribution in [1.29, 1.82) is 0 Å². The molecule has 5 heteroatoms. The third-order valence-corrected chi connectivity index (χ3v) is 4.54. The van der Waals surface area contributed by atoms with Gasteiger partial charge in [-0.05, 0) is 44.4 Å². The minimum atomic E-state index is -0.242. The van der Waals surface area contributed by atoms with E-state index in [0.29, 0.717) is 18.3 Å². The maximum absolute atomic E-state index is 11.5. The van der Waals surface area contributed by atoms with Crippen LogP contribution in [0.3, 0.4) is 0 Å². The largest absolute Gasteiger partial charge is 0.435 e. The third-order valence-electron chi connectivity index (χ3n) is 4.54. The highest BCUT2D eigenvalue weighted by molar-refractivity contribution is 5.70. The zero-order chi connectivity index (χ0) is 13.1. The standard InChI is InChI=1S/C13H20O3.H2O2/c1-8-5-6-9-3-2-4-10-7-11(14)16-13(15-8)12(9)10;1-2/h8-10,12-13H,2-7H2,1H3;1-2H/t8?,9-,10+,12?,13?;/m1./s1. The van der Waals surface area contributed by atoms with E-state index >= 15 is 0 Å². The van der Waals surface area contributed by atoms with Gasteiger partial charge in [0.1, 0.15) is 0 Å². The molecule has 104 valence electrons. The maximum Gasteiger partial charge on any atom is 0.308 e. The van der Waals surface area contributed by atoms with E-state index in [1.54, 1.807) is 0 Å². The van der Waals surface area contributed by atoms with Crippen LogP contribution in [0.15, 0.2) is 0 Å². The lowest BCUT2D eigenvalue weighted by atomic mass is 9.68. The van der Waals surface area contributed by atoms with Crippen LogP contribution >= 0.6 is 0 Å². The molecule has 3 fully saturated rings. The SMILES string of the molecule is CC1CC[C@H]2CCC[C@H]3CC(=O)OC(O1)C23.OO. The first-order valence-corrected chi connectivity index (χ1v) is 6.79. The van der Waals surface area contributed by atoms with Crippen LogP contribution in [0.1, 0.15) is 45.4 Å². The number of hydrogen-bond donors (Lipinski definition) is 2. The second-order valence-electron chi connectivity index (χ2n) is 5.61. The number of hydrogen-bond acceptors (Lipinski definition) is 5. The van der Waals surface area contributed by atoms with Gasteiger partial charge in [0, 0.05) is 12.3 Å². The topological polar surface area (TPSA) is 76.0 Å². The normalized spacial score (nSPS) is 42.8. The van der Waals surface area contributed by atoms with Crippen LogP contribution in [0, 0.1) is 17.8 Å². The first-order chi connectivity index (χ1) is 8.74. The molecule has 0 aromatic rings. The summed E-state index contributed by atoms with van der Waals surface area (Å²) in [5.41, 5.74) is 0. The molecule has 0 radical (unpaired) electrons. The molecule has 0 bridgehead atoms. The molecule has 2 aliphatic heterocycles. The lowest BCUT2D eigenvalue weighted by molar-refractivity contribution is -0.228. The molecule has 2 N–H and O–H groups in total. The first kappa shape index (κ1) is 13.8. The van der Waals surface area contributed by atoms with Gasteiger partial charge in [0.05, 0.1) is 6.10 Å². The van der Waals surface area contributed by atoms with Gasteiger partial charge in [-0.3, -0.25) is 15.3 Å². The van der Waals surface area contributed by atoms with Crippen molar-refractivity contribution in [3.63, 3.8) is 0 Å². The number of ether oxygens (including phenoxy) is 2. The summed E-state index contributed by atoms with van der Waals surface area (Å²) in [4.78, 5) is 11.5. The van der Waals surface area contributed by atoms with Gasteiger partial charge in [0.25, 0.3) is 0 Å². The molecule has 1 aliphatic carbocycles. The van der Waals surface area contributed by atoms with E-state index in [1.165, 1.54) is 25.7 Å². The zero-order valence-corrected chi connectivity index (χ0v) is 10.7. The van der Waals surface area contributed by atoms with Gasteiger partial charge in [0.2, 0.25) is 6.29 Å². The molecule has 3 unspecified atom stereocenters. The van der Waals surface area contributed by atoms with Crippen LogP contribution in [-0.4, -0.2) is 28.9 Å². The van der Waals surface area contributed by atoms with Gasteiger partial charge in [-0.2, -0.15) is 0 Å². The fourth-order valence-corrected chi connectivity index (χ4v) is 3.77. The first-order valence-electron chi connectivity index (χ1n) is 6.79. The van der Waals surface area contributed by atoms with Crippen LogP contribution < -0.4 is 0 Å². The van der Waals surface area contributed by atoms with Crippen molar-refractivity contribution < 1.29 is 24.8 Å². The molecular formula is C13H22O5. The Labute approximate surface area is 107 Å². The summed E-state index contributed by atoms with van der Waals surface area (Å²) in [5.74, 6) is 1.68. The third kappa shape index (κ3) is 2.68. The molecule has 5 nitrogen and oxygen atoms in total. The van der Waals surface area contributed by atoms with Crippen molar-refractivity contribution in [2.75, 3.05) is 0 Å². The van der Waals surface area contributed by atoms with Crippen LogP contribution in [0.4, 0.5) is 0 Å². The smallest absolute Gasteiger partial charge is 0.308 e. The second-order valence-corrected chi connectivity index (χ2v) is 5.61. The van der Waals surface area contributed by atoms with Crippen molar-refractivity contribution >= 4 is 5.97 Å². The Morgan fingerprint density at radius 1 is 1.11 bits per heavy atom. The van der Waals surface area contributed by atoms with E-state index in [9.17, 15) is 4.79 Å². The minimum absolute atomic E-state index is 0.0546. The molecule has 5 atom stereocenters. The summed E-state index contributed by atoms with van der Waals surface area (Å²) in [6.45, 7) is 2.09. The van der Waals surface area contributed by atoms with Crippen LogP contribution in [0.5, 0.6) is 0 Å². The van der Waals surface area contributed by atoms with Gasteiger partial charge in [-0.1, -0.05) is 6.42 Å². The molecule has 0 amide bonds. The van der Waals surface area contributed by atoms with Gasteiger partial charge < -0.3 is 9.47 Å². The Balaban J connectivity index is 0.000000574. The molecule has 3 aliphatic rings. The predicted molar refractivity (Wildman–Crippen MR) is 63.9 cm³/mol. The van der Waals surface area contributed by atoms with Crippen molar-refractivity contribution in [3.05, 3.63) is 0 Å². The molecule has 0 spiro atoms. The van der Waals surface area contributed by atoms with E-state index in [-0.39, 0.29) is 18.4 Å². The molecule has 1 saturated carbocycles. The Hall–Kier alpha value is -0.650. The highest BCUT2D eigenvalue weighted by Crippen LogP contribution is 2.46. The lowest BCUT2D eigenvalue weighted by Crippen LogP contribution is -2.45. The minimum Gasteiger partial charge on any atom is -0.435 e. The van der Waals surface area contributed by atoms with Crippen molar-refractivity contribution in [2.24, 2.45) is 17.8 Å². The summed E-state index contributed by atoms with van der Waals surface area (Å²) in [6.07, 6.45) is 6.74. The van der Waals surface area contributed by atoms with Crippen LogP contribution in [-0.2, 0) is 14.3 Å². The second kappa shape index (κ2) is 5.99. The van der Waals surface area contributed by atoms with Crippen molar-refractivity contribution in [1.82, 2.24) is 0 Å². The summed E-state index contributed by atoms with van der Waals surface area (Å²) in [5, 5.41) is 12.0. The summed E-state index contributed by atoms with van der Waals surface area (Å²) in [7, 11) is 0.